The lowest BCUT2D eigenvalue weighted by Crippen LogP contribution is -2.60. The van der Waals surface area contributed by atoms with E-state index in [4.69, 9.17) is 18.9 Å². The van der Waals surface area contributed by atoms with Gasteiger partial charge >= 0.3 is 16.4 Å². The molecule has 1 aliphatic rings. The summed E-state index contributed by atoms with van der Waals surface area (Å²) in [6.45, 7) is 4.06. The van der Waals surface area contributed by atoms with E-state index in [1.807, 2.05) is 0 Å². The summed E-state index contributed by atoms with van der Waals surface area (Å²) >= 11 is 0. The Kier molecular flexibility index (Phi) is 48.4. The molecule has 72 heavy (non-hydrogen) atoms. The zero-order valence-corrected chi connectivity index (χ0v) is 47.3. The molecule has 6 unspecified atom stereocenters. The molecule has 0 radical (unpaired) electrons. The van der Waals surface area contributed by atoms with Crippen LogP contribution in [0.3, 0.4) is 0 Å². The highest BCUT2D eigenvalue weighted by atomic mass is 32.3. The van der Waals surface area contributed by atoms with Crippen molar-refractivity contribution in [2.75, 3.05) is 26.4 Å². The highest BCUT2D eigenvalue weighted by Gasteiger charge is 2.48. The molecule has 6 atom stereocenters. The predicted molar refractivity (Wildman–Crippen MR) is 294 cm³/mol. The Morgan fingerprint density at radius 3 is 1.25 bits per heavy atom. The van der Waals surface area contributed by atoms with Crippen molar-refractivity contribution in [3.05, 3.63) is 12.2 Å². The summed E-state index contributed by atoms with van der Waals surface area (Å²) in [6.07, 6.45) is 51.1. The first-order valence-corrected chi connectivity index (χ1v) is 31.8. The minimum absolute atomic E-state index is 0.0416. The largest absolute Gasteiger partial charge is 0.457 e. The van der Waals surface area contributed by atoms with Gasteiger partial charge in [-0.2, -0.15) is 8.42 Å². The van der Waals surface area contributed by atoms with E-state index in [-0.39, 0.29) is 19.6 Å². The second-order valence-corrected chi connectivity index (χ2v) is 22.4. The molecule has 428 valence electrons. The SMILES string of the molecule is CCCCCCCC/C=C\CCCCCCCCCCCCOCC(COC1OC(CO)C(O)C(OS(=O)(=O)O)C1O)OC(=O)CCCCCCCCCCCCCCCCCCCCCCCCCCC. The predicted octanol–water partition coefficient (Wildman–Crippen LogP) is 15.3. The molecular formula is C59H114O12S. The molecular weight excluding hydrogens is 933 g/mol. The second-order valence-electron chi connectivity index (χ2n) is 21.3. The number of aliphatic hydroxyl groups excluding tert-OH is 3. The average Bonchev–Trinajstić information content (AvgIpc) is 3.36. The van der Waals surface area contributed by atoms with E-state index < -0.39 is 59.8 Å². The molecule has 0 bridgehead atoms. The normalized spacial score (nSPS) is 18.9. The van der Waals surface area contributed by atoms with Crippen molar-refractivity contribution >= 4 is 16.4 Å². The highest BCUT2D eigenvalue weighted by molar-refractivity contribution is 7.80. The van der Waals surface area contributed by atoms with Gasteiger partial charge in [0.1, 0.15) is 30.5 Å². The number of aliphatic hydroxyl groups is 3. The molecule has 1 aliphatic heterocycles. The van der Waals surface area contributed by atoms with Gasteiger partial charge in [-0.05, 0) is 38.5 Å². The van der Waals surface area contributed by atoms with Crippen LogP contribution in [0.2, 0.25) is 0 Å². The van der Waals surface area contributed by atoms with Crippen molar-refractivity contribution in [2.24, 2.45) is 0 Å². The van der Waals surface area contributed by atoms with Gasteiger partial charge in [0, 0.05) is 13.0 Å². The average molecular weight is 1050 g/mol. The van der Waals surface area contributed by atoms with Gasteiger partial charge in [0.25, 0.3) is 0 Å². The van der Waals surface area contributed by atoms with Crippen LogP contribution in [-0.2, 0) is 38.3 Å². The van der Waals surface area contributed by atoms with Gasteiger partial charge in [-0.15, -0.1) is 0 Å². The van der Waals surface area contributed by atoms with Crippen LogP contribution in [0.25, 0.3) is 0 Å². The third-order valence-electron chi connectivity index (χ3n) is 14.4. The van der Waals surface area contributed by atoms with E-state index >= 15 is 0 Å². The Balaban J connectivity index is 2.25. The first-order valence-electron chi connectivity index (χ1n) is 30.4. The van der Waals surface area contributed by atoms with E-state index in [1.165, 1.54) is 231 Å². The number of ether oxygens (including phenoxy) is 4. The minimum atomic E-state index is -5.06. The molecule has 1 saturated heterocycles. The molecule has 0 amide bonds. The van der Waals surface area contributed by atoms with Crippen LogP contribution in [0.1, 0.15) is 296 Å². The van der Waals surface area contributed by atoms with E-state index in [0.717, 1.165) is 38.5 Å². The van der Waals surface area contributed by atoms with E-state index in [9.17, 15) is 33.1 Å². The fraction of sp³-hybridized carbons (Fsp3) is 0.949. The molecule has 12 nitrogen and oxygen atoms in total. The fourth-order valence-electron chi connectivity index (χ4n) is 9.79. The molecule has 1 heterocycles. The van der Waals surface area contributed by atoms with Gasteiger partial charge in [-0.3, -0.25) is 9.35 Å². The van der Waals surface area contributed by atoms with Gasteiger partial charge in [-0.25, -0.2) is 4.18 Å². The smallest absolute Gasteiger partial charge is 0.397 e. The summed E-state index contributed by atoms with van der Waals surface area (Å²) in [5, 5.41) is 30.9. The van der Waals surface area contributed by atoms with Gasteiger partial charge in [0.2, 0.25) is 0 Å². The van der Waals surface area contributed by atoms with E-state index in [1.54, 1.807) is 0 Å². The third-order valence-corrected chi connectivity index (χ3v) is 14.9. The molecule has 13 heteroatoms. The van der Waals surface area contributed by atoms with Crippen molar-refractivity contribution < 1.29 is 56.2 Å². The molecule has 0 spiro atoms. The number of carbonyl (C=O) groups excluding carboxylic acids is 1. The Bertz CT molecular complexity index is 1300. The van der Waals surface area contributed by atoms with Crippen molar-refractivity contribution in [1.29, 1.82) is 0 Å². The summed E-state index contributed by atoms with van der Waals surface area (Å²) in [7, 11) is -5.06. The van der Waals surface area contributed by atoms with E-state index in [0.29, 0.717) is 13.0 Å². The molecule has 1 rings (SSSR count). The molecule has 4 N–H and O–H groups in total. The fourth-order valence-corrected chi connectivity index (χ4v) is 10.3. The summed E-state index contributed by atoms with van der Waals surface area (Å²) < 4.78 is 59.5. The van der Waals surface area contributed by atoms with Crippen molar-refractivity contribution in [3.8, 4) is 0 Å². The molecule has 1 fully saturated rings. The number of hydrogen-bond donors (Lipinski definition) is 4. The van der Waals surface area contributed by atoms with Gasteiger partial charge < -0.3 is 34.3 Å². The molecule has 0 aromatic rings. The summed E-state index contributed by atoms with van der Waals surface area (Å²) in [5.41, 5.74) is 0. The zero-order valence-electron chi connectivity index (χ0n) is 46.5. The Hall–Kier alpha value is -1.16. The molecule has 0 aromatic heterocycles. The number of carbonyl (C=O) groups is 1. The van der Waals surface area contributed by atoms with Crippen LogP contribution in [0.5, 0.6) is 0 Å². The standard InChI is InChI=1S/C59H114O12S/c1-3-5-7-9-11-13-15-17-19-21-23-25-26-27-28-29-30-32-34-36-38-40-42-44-46-48-55(61)69-53(52-68-59-57(63)58(71-72(64,65)66)56(62)54(50-60)70-59)51-67-49-47-45-43-41-39-37-35-33-31-24-22-20-18-16-14-12-10-8-6-4-2/h18,20,53-54,56-60,62-63H,3-17,19,21-52H2,1-2H3,(H,64,65,66)/b20-18-. The van der Waals surface area contributed by atoms with Gasteiger partial charge in [0.15, 0.2) is 6.29 Å². The summed E-state index contributed by atoms with van der Waals surface area (Å²) in [5.74, 6) is -0.390. The van der Waals surface area contributed by atoms with Crippen LogP contribution in [0.15, 0.2) is 12.2 Å². The van der Waals surface area contributed by atoms with Crippen molar-refractivity contribution in [1.82, 2.24) is 0 Å². The van der Waals surface area contributed by atoms with Crippen LogP contribution in [0.4, 0.5) is 0 Å². The van der Waals surface area contributed by atoms with Crippen molar-refractivity contribution in [3.63, 3.8) is 0 Å². The van der Waals surface area contributed by atoms with Gasteiger partial charge in [-0.1, -0.05) is 264 Å². The summed E-state index contributed by atoms with van der Waals surface area (Å²) in [6, 6.07) is 0. The van der Waals surface area contributed by atoms with Crippen LogP contribution < -0.4 is 0 Å². The molecule has 0 aliphatic carbocycles. The van der Waals surface area contributed by atoms with E-state index in [2.05, 4.69) is 30.2 Å². The second kappa shape index (κ2) is 50.6. The topological polar surface area (TPSA) is 178 Å². The zero-order chi connectivity index (χ0) is 52.4. The lowest BCUT2D eigenvalue weighted by Gasteiger charge is -2.41. The quantitative estimate of drug-likeness (QED) is 0.0196. The Morgan fingerprint density at radius 1 is 0.514 bits per heavy atom. The maximum atomic E-state index is 13.0. The molecule has 0 aromatic carbocycles. The Labute approximate surface area is 442 Å². The van der Waals surface area contributed by atoms with Gasteiger partial charge in [0.05, 0.1) is 19.8 Å². The maximum absolute atomic E-state index is 13.0. The number of rotatable bonds is 55. The van der Waals surface area contributed by atoms with Crippen LogP contribution in [0, 0.1) is 0 Å². The number of esters is 1. The summed E-state index contributed by atoms with van der Waals surface area (Å²) in [4.78, 5) is 13.0. The third kappa shape index (κ3) is 43.0. The maximum Gasteiger partial charge on any atom is 0.397 e. The number of hydrogen-bond acceptors (Lipinski definition) is 11. The minimum Gasteiger partial charge on any atom is -0.457 e. The van der Waals surface area contributed by atoms with Crippen LogP contribution >= 0.6 is 0 Å². The first-order chi connectivity index (χ1) is 35.1. The lowest BCUT2D eigenvalue weighted by molar-refractivity contribution is -0.301. The van der Waals surface area contributed by atoms with Crippen LogP contribution in [-0.4, -0.2) is 97.5 Å². The Morgan fingerprint density at radius 2 is 0.875 bits per heavy atom. The monoisotopic (exact) mass is 1050 g/mol. The number of allylic oxidation sites excluding steroid dienone is 2. The first kappa shape index (κ1) is 68.9. The number of unbranched alkanes of at least 4 members (excludes halogenated alkanes) is 40. The lowest BCUT2D eigenvalue weighted by atomic mass is 9.99. The highest BCUT2D eigenvalue weighted by Crippen LogP contribution is 2.26. The molecule has 0 saturated carbocycles. The van der Waals surface area contributed by atoms with Crippen molar-refractivity contribution in [2.45, 2.75) is 333 Å².